The van der Waals surface area contributed by atoms with Crippen LogP contribution in [0.25, 0.3) is 11.0 Å². The quantitative estimate of drug-likeness (QED) is 0.844. The number of fused-ring (bicyclic) bond motifs is 3. The van der Waals surface area contributed by atoms with Crippen LogP contribution < -0.4 is 5.56 Å². The van der Waals surface area contributed by atoms with E-state index in [1.165, 1.54) is 36.6 Å². The van der Waals surface area contributed by atoms with E-state index < -0.39 is 0 Å². The highest BCUT2D eigenvalue weighted by molar-refractivity contribution is 5.80. The Morgan fingerprint density at radius 2 is 1.68 bits per heavy atom. The molecular formula is C20H28N4O. The van der Waals surface area contributed by atoms with Gasteiger partial charge < -0.3 is 4.90 Å². The lowest BCUT2D eigenvalue weighted by Crippen LogP contribution is -2.46. The first-order chi connectivity index (χ1) is 12.2. The van der Waals surface area contributed by atoms with Crippen molar-refractivity contribution in [3.8, 4) is 0 Å². The van der Waals surface area contributed by atoms with Crippen LogP contribution in [0.3, 0.4) is 0 Å². The van der Waals surface area contributed by atoms with E-state index in [0.717, 1.165) is 62.4 Å². The van der Waals surface area contributed by atoms with Crippen LogP contribution in [-0.2, 0) is 19.9 Å². The predicted octanol–water partition coefficient (Wildman–Crippen LogP) is 2.80. The summed E-state index contributed by atoms with van der Waals surface area (Å²) in [6, 6.07) is 1.15. The molecule has 2 fully saturated rings. The van der Waals surface area contributed by atoms with E-state index in [0.29, 0.717) is 6.04 Å². The highest BCUT2D eigenvalue weighted by Gasteiger charge is 2.31. The standard InChI is InChI=1S/C20H28N4O/c1-22-19-18(13-21-22)16-7-2-3-8-17(16)20(25)24(19)15-9-11-23(12-10-15)14-5-4-6-14/h13-15H,2-12H2,1H3. The Bertz CT molecular complexity index is 853. The molecule has 2 aliphatic carbocycles. The summed E-state index contributed by atoms with van der Waals surface area (Å²) in [6.07, 6.45) is 12.6. The average molecular weight is 340 g/mol. The van der Waals surface area contributed by atoms with Crippen molar-refractivity contribution in [2.45, 2.75) is 69.9 Å². The average Bonchev–Trinajstić information content (AvgIpc) is 2.97. The van der Waals surface area contributed by atoms with Gasteiger partial charge in [-0.05, 0) is 56.9 Å². The first-order valence-corrected chi connectivity index (χ1v) is 10.1. The number of hydrogen-bond donors (Lipinski definition) is 0. The van der Waals surface area contributed by atoms with Crippen molar-refractivity contribution in [3.05, 3.63) is 27.7 Å². The van der Waals surface area contributed by atoms with Crippen LogP contribution in [0.2, 0.25) is 0 Å². The Balaban J connectivity index is 1.56. The number of aryl methyl sites for hydroxylation is 2. The van der Waals surface area contributed by atoms with Gasteiger partial charge in [0.05, 0.1) is 6.20 Å². The van der Waals surface area contributed by atoms with Gasteiger partial charge in [-0.1, -0.05) is 6.42 Å². The number of nitrogens with zero attached hydrogens (tertiary/aromatic N) is 4. The summed E-state index contributed by atoms with van der Waals surface area (Å²) in [5.41, 5.74) is 3.68. The molecule has 0 unspecified atom stereocenters. The Kier molecular flexibility index (Phi) is 3.73. The molecule has 0 bridgehead atoms. The molecule has 5 nitrogen and oxygen atoms in total. The van der Waals surface area contributed by atoms with E-state index in [2.05, 4.69) is 14.6 Å². The molecule has 0 amide bonds. The summed E-state index contributed by atoms with van der Waals surface area (Å²) in [7, 11) is 1.98. The van der Waals surface area contributed by atoms with Gasteiger partial charge in [0.25, 0.3) is 5.56 Å². The molecule has 1 saturated heterocycles. The van der Waals surface area contributed by atoms with E-state index in [4.69, 9.17) is 0 Å². The molecule has 0 atom stereocenters. The maximum absolute atomic E-state index is 13.4. The normalized spacial score (nSPS) is 22.9. The number of likely N-dealkylation sites (tertiary alicyclic amines) is 1. The lowest BCUT2D eigenvalue weighted by molar-refractivity contribution is 0.0866. The molecule has 3 aliphatic rings. The van der Waals surface area contributed by atoms with Gasteiger partial charge >= 0.3 is 0 Å². The second kappa shape index (κ2) is 5.97. The molecule has 0 aromatic carbocycles. The largest absolute Gasteiger partial charge is 0.300 e. The van der Waals surface area contributed by atoms with Crippen LogP contribution in [-0.4, -0.2) is 38.4 Å². The number of piperidine rings is 1. The molecule has 0 spiro atoms. The first kappa shape index (κ1) is 15.6. The minimum atomic E-state index is 0.271. The molecule has 2 aromatic heterocycles. The van der Waals surface area contributed by atoms with Crippen molar-refractivity contribution >= 4 is 11.0 Å². The number of pyridine rings is 1. The minimum absolute atomic E-state index is 0.271. The lowest BCUT2D eigenvalue weighted by atomic mass is 9.88. The summed E-state index contributed by atoms with van der Waals surface area (Å²) in [5.74, 6) is 0. The van der Waals surface area contributed by atoms with E-state index in [1.807, 2.05) is 17.9 Å². The Labute approximate surface area is 148 Å². The molecule has 3 heterocycles. The topological polar surface area (TPSA) is 43.1 Å². The molecule has 25 heavy (non-hydrogen) atoms. The van der Waals surface area contributed by atoms with E-state index in [1.54, 1.807) is 0 Å². The fraction of sp³-hybridized carbons (Fsp3) is 0.700. The highest BCUT2D eigenvalue weighted by atomic mass is 16.1. The Hall–Kier alpha value is -1.62. The third-order valence-electron chi connectivity index (χ3n) is 6.86. The molecule has 5 rings (SSSR count). The minimum Gasteiger partial charge on any atom is -0.300 e. The fourth-order valence-corrected chi connectivity index (χ4v) is 5.21. The van der Waals surface area contributed by atoms with Gasteiger partial charge in [0.1, 0.15) is 5.65 Å². The SMILES string of the molecule is Cn1ncc2c3c(c(=O)n(C4CCN(C5CCC5)CC4)c21)CCCC3. The maximum Gasteiger partial charge on any atom is 0.255 e. The molecule has 0 radical (unpaired) electrons. The summed E-state index contributed by atoms with van der Waals surface area (Å²) in [5, 5.41) is 5.73. The zero-order valence-corrected chi connectivity index (χ0v) is 15.2. The third kappa shape index (κ3) is 2.39. The van der Waals surface area contributed by atoms with Crippen LogP contribution in [0, 0.1) is 0 Å². The van der Waals surface area contributed by atoms with Crippen molar-refractivity contribution in [2.24, 2.45) is 7.05 Å². The predicted molar refractivity (Wildman–Crippen MR) is 99.1 cm³/mol. The number of hydrogen-bond acceptors (Lipinski definition) is 3. The van der Waals surface area contributed by atoms with Gasteiger partial charge in [-0.3, -0.25) is 14.0 Å². The van der Waals surface area contributed by atoms with Gasteiger partial charge in [0.2, 0.25) is 0 Å². The van der Waals surface area contributed by atoms with Crippen molar-refractivity contribution < 1.29 is 0 Å². The Morgan fingerprint density at radius 3 is 2.36 bits per heavy atom. The number of aromatic nitrogens is 3. The first-order valence-electron chi connectivity index (χ1n) is 10.1. The third-order valence-corrected chi connectivity index (χ3v) is 6.86. The highest BCUT2D eigenvalue weighted by Crippen LogP contribution is 2.33. The van der Waals surface area contributed by atoms with Crippen LogP contribution in [0.5, 0.6) is 0 Å². The molecule has 2 aromatic rings. The number of rotatable bonds is 2. The van der Waals surface area contributed by atoms with Crippen molar-refractivity contribution in [1.29, 1.82) is 0 Å². The fourth-order valence-electron chi connectivity index (χ4n) is 5.21. The molecule has 134 valence electrons. The van der Waals surface area contributed by atoms with Crippen molar-refractivity contribution in [3.63, 3.8) is 0 Å². The monoisotopic (exact) mass is 340 g/mol. The van der Waals surface area contributed by atoms with Crippen LogP contribution >= 0.6 is 0 Å². The van der Waals surface area contributed by atoms with Crippen LogP contribution in [0.1, 0.15) is 62.1 Å². The van der Waals surface area contributed by atoms with Gasteiger partial charge in [-0.25, -0.2) is 0 Å². The summed E-state index contributed by atoms with van der Waals surface area (Å²) in [4.78, 5) is 16.0. The van der Waals surface area contributed by atoms with Crippen LogP contribution in [0.15, 0.2) is 11.0 Å². The van der Waals surface area contributed by atoms with E-state index in [9.17, 15) is 4.79 Å². The maximum atomic E-state index is 13.4. The molecule has 1 saturated carbocycles. The van der Waals surface area contributed by atoms with Crippen LogP contribution in [0.4, 0.5) is 0 Å². The zero-order valence-electron chi connectivity index (χ0n) is 15.2. The van der Waals surface area contributed by atoms with Gasteiger partial charge in [-0.2, -0.15) is 5.10 Å². The summed E-state index contributed by atoms with van der Waals surface area (Å²) >= 11 is 0. The van der Waals surface area contributed by atoms with E-state index in [-0.39, 0.29) is 5.56 Å². The lowest BCUT2D eigenvalue weighted by Gasteiger charge is -2.42. The van der Waals surface area contributed by atoms with Crippen molar-refractivity contribution in [1.82, 2.24) is 19.2 Å². The Morgan fingerprint density at radius 1 is 0.960 bits per heavy atom. The second-order valence-corrected chi connectivity index (χ2v) is 8.20. The molecule has 1 aliphatic heterocycles. The smallest absolute Gasteiger partial charge is 0.255 e. The second-order valence-electron chi connectivity index (χ2n) is 8.20. The van der Waals surface area contributed by atoms with Gasteiger partial charge in [0.15, 0.2) is 0 Å². The van der Waals surface area contributed by atoms with Crippen molar-refractivity contribution in [2.75, 3.05) is 13.1 Å². The zero-order chi connectivity index (χ0) is 17.0. The van der Waals surface area contributed by atoms with Gasteiger partial charge in [0, 0.05) is 43.2 Å². The molecule has 0 N–H and O–H groups in total. The van der Waals surface area contributed by atoms with Gasteiger partial charge in [-0.15, -0.1) is 0 Å². The summed E-state index contributed by atoms with van der Waals surface area (Å²) in [6.45, 7) is 2.27. The van der Waals surface area contributed by atoms with E-state index >= 15 is 0 Å². The molecular weight excluding hydrogens is 312 g/mol. The summed E-state index contributed by atoms with van der Waals surface area (Å²) < 4.78 is 4.04. The molecule has 5 heteroatoms.